The summed E-state index contributed by atoms with van der Waals surface area (Å²) >= 11 is 0. The lowest BCUT2D eigenvalue weighted by molar-refractivity contribution is -0.126. The second-order valence-corrected chi connectivity index (χ2v) is 7.54. The number of para-hydroxylation sites is 1. The van der Waals surface area contributed by atoms with Gasteiger partial charge in [-0.15, -0.1) is 0 Å². The van der Waals surface area contributed by atoms with Crippen LogP contribution in [0.25, 0.3) is 0 Å². The van der Waals surface area contributed by atoms with E-state index >= 15 is 0 Å². The van der Waals surface area contributed by atoms with E-state index in [1.54, 1.807) is 12.1 Å². The van der Waals surface area contributed by atoms with Gasteiger partial charge in [0.1, 0.15) is 5.82 Å². The minimum absolute atomic E-state index is 0.0314. The number of carbonyl (C=O) groups is 3. The second kappa shape index (κ2) is 8.03. The predicted molar refractivity (Wildman–Crippen MR) is 107 cm³/mol. The highest BCUT2D eigenvalue weighted by atomic mass is 19.1. The minimum Gasteiger partial charge on any atom is -0.352 e. The van der Waals surface area contributed by atoms with Crippen molar-refractivity contribution >= 4 is 29.1 Å². The van der Waals surface area contributed by atoms with Gasteiger partial charge in [-0.25, -0.2) is 4.39 Å². The van der Waals surface area contributed by atoms with Crippen LogP contribution < -0.4 is 15.5 Å². The van der Waals surface area contributed by atoms with E-state index in [-0.39, 0.29) is 48.8 Å². The molecule has 0 bridgehead atoms. The first-order valence-electron chi connectivity index (χ1n) is 9.73. The maximum atomic E-state index is 14.0. The Morgan fingerprint density at radius 1 is 1.03 bits per heavy atom. The lowest BCUT2D eigenvalue weighted by atomic mass is 10.1. The van der Waals surface area contributed by atoms with Gasteiger partial charge in [0.2, 0.25) is 17.7 Å². The van der Waals surface area contributed by atoms with E-state index in [2.05, 4.69) is 10.6 Å². The Bertz CT molecular complexity index is 958. The lowest BCUT2D eigenvalue weighted by Gasteiger charge is -2.17. The highest BCUT2D eigenvalue weighted by Gasteiger charge is 2.36. The number of anilines is 2. The van der Waals surface area contributed by atoms with Crippen LogP contribution in [0.1, 0.15) is 24.8 Å². The zero-order chi connectivity index (χ0) is 20.4. The molecule has 2 aliphatic rings. The van der Waals surface area contributed by atoms with Gasteiger partial charge in [-0.2, -0.15) is 0 Å². The predicted octanol–water partition coefficient (Wildman–Crippen LogP) is 2.84. The van der Waals surface area contributed by atoms with Gasteiger partial charge in [0.15, 0.2) is 0 Å². The fourth-order valence-corrected chi connectivity index (χ4v) is 3.47. The molecule has 4 rings (SSSR count). The molecule has 2 fully saturated rings. The van der Waals surface area contributed by atoms with Crippen molar-refractivity contribution in [2.45, 2.75) is 25.8 Å². The number of hydrogen-bond donors (Lipinski definition) is 2. The standard InChI is InChI=1S/C22H22FN3O3/c23-18-6-1-2-7-19(18)26-13-16(11-20(26)27)21(28)24-12-14-4-3-5-17(10-14)25-22(29)15-8-9-15/h1-7,10,15-16H,8-9,11-13H2,(H,24,28)(H,25,29)/t16-/m1/s1. The number of amides is 3. The van der Waals surface area contributed by atoms with E-state index in [9.17, 15) is 18.8 Å². The van der Waals surface area contributed by atoms with E-state index in [0.29, 0.717) is 5.69 Å². The van der Waals surface area contributed by atoms with Crippen LogP contribution >= 0.6 is 0 Å². The summed E-state index contributed by atoms with van der Waals surface area (Å²) in [6, 6.07) is 13.4. The zero-order valence-electron chi connectivity index (χ0n) is 15.9. The van der Waals surface area contributed by atoms with Crippen molar-refractivity contribution in [2.24, 2.45) is 11.8 Å². The van der Waals surface area contributed by atoms with Crippen molar-refractivity contribution in [3.63, 3.8) is 0 Å². The highest BCUT2D eigenvalue weighted by molar-refractivity contribution is 6.00. The summed E-state index contributed by atoms with van der Waals surface area (Å²) in [5, 5.41) is 5.72. The summed E-state index contributed by atoms with van der Waals surface area (Å²) in [7, 11) is 0. The van der Waals surface area contributed by atoms with Crippen LogP contribution in [0.3, 0.4) is 0 Å². The third kappa shape index (κ3) is 4.45. The highest BCUT2D eigenvalue weighted by Crippen LogP contribution is 2.30. The largest absolute Gasteiger partial charge is 0.352 e. The van der Waals surface area contributed by atoms with Gasteiger partial charge in [0.05, 0.1) is 11.6 Å². The van der Waals surface area contributed by atoms with Gasteiger partial charge in [-0.1, -0.05) is 24.3 Å². The van der Waals surface area contributed by atoms with Crippen LogP contribution in [-0.2, 0) is 20.9 Å². The number of nitrogens with one attached hydrogen (secondary N) is 2. The molecule has 1 aliphatic heterocycles. The molecule has 0 spiro atoms. The van der Waals surface area contributed by atoms with E-state index < -0.39 is 11.7 Å². The van der Waals surface area contributed by atoms with Crippen molar-refractivity contribution in [1.82, 2.24) is 5.32 Å². The summed E-state index contributed by atoms with van der Waals surface area (Å²) in [6.07, 6.45) is 1.93. The molecular weight excluding hydrogens is 373 g/mol. The number of hydrogen-bond acceptors (Lipinski definition) is 3. The summed E-state index contributed by atoms with van der Waals surface area (Å²) in [5.41, 5.74) is 1.75. The molecule has 29 heavy (non-hydrogen) atoms. The number of rotatable bonds is 6. The Labute approximate surface area is 168 Å². The van der Waals surface area contributed by atoms with Crippen LogP contribution in [0.5, 0.6) is 0 Å². The first-order valence-corrected chi connectivity index (χ1v) is 9.73. The van der Waals surface area contributed by atoms with Crippen molar-refractivity contribution in [3.8, 4) is 0 Å². The number of halogens is 1. The molecule has 1 saturated heterocycles. The molecule has 3 amide bonds. The molecule has 2 N–H and O–H groups in total. The number of benzene rings is 2. The molecule has 0 aromatic heterocycles. The van der Waals surface area contributed by atoms with Crippen molar-refractivity contribution in [1.29, 1.82) is 0 Å². The number of nitrogens with zero attached hydrogens (tertiary/aromatic N) is 1. The molecule has 1 aliphatic carbocycles. The van der Waals surface area contributed by atoms with Gasteiger partial charge >= 0.3 is 0 Å². The molecule has 6 nitrogen and oxygen atoms in total. The zero-order valence-corrected chi connectivity index (χ0v) is 15.9. The van der Waals surface area contributed by atoms with E-state index in [4.69, 9.17) is 0 Å². The Morgan fingerprint density at radius 2 is 1.83 bits per heavy atom. The molecule has 1 saturated carbocycles. The molecule has 7 heteroatoms. The summed E-state index contributed by atoms with van der Waals surface area (Å²) in [4.78, 5) is 38.0. The summed E-state index contributed by atoms with van der Waals surface area (Å²) in [5.74, 6) is -1.36. The van der Waals surface area contributed by atoms with Gasteiger partial charge in [0, 0.05) is 31.1 Å². The molecule has 1 atom stereocenters. The fraction of sp³-hybridized carbons (Fsp3) is 0.318. The Hall–Kier alpha value is -3.22. The smallest absolute Gasteiger partial charge is 0.227 e. The molecule has 1 heterocycles. The van der Waals surface area contributed by atoms with Crippen molar-refractivity contribution in [3.05, 3.63) is 59.9 Å². The Kier molecular flexibility index (Phi) is 5.29. The molecule has 0 radical (unpaired) electrons. The Balaban J connectivity index is 1.34. The van der Waals surface area contributed by atoms with Crippen LogP contribution in [0.15, 0.2) is 48.5 Å². The second-order valence-electron chi connectivity index (χ2n) is 7.54. The van der Waals surface area contributed by atoms with Crippen LogP contribution in [0.2, 0.25) is 0 Å². The van der Waals surface area contributed by atoms with Crippen molar-refractivity contribution < 1.29 is 18.8 Å². The topological polar surface area (TPSA) is 78.5 Å². The average Bonchev–Trinajstić information content (AvgIpc) is 3.49. The fourth-order valence-electron chi connectivity index (χ4n) is 3.47. The molecule has 0 unspecified atom stereocenters. The van der Waals surface area contributed by atoms with Crippen molar-refractivity contribution in [2.75, 3.05) is 16.8 Å². The maximum absolute atomic E-state index is 14.0. The summed E-state index contributed by atoms with van der Waals surface area (Å²) in [6.45, 7) is 0.444. The maximum Gasteiger partial charge on any atom is 0.227 e. The third-order valence-corrected chi connectivity index (χ3v) is 5.25. The average molecular weight is 395 g/mol. The first kappa shape index (κ1) is 19.1. The van der Waals surface area contributed by atoms with Gasteiger partial charge in [0.25, 0.3) is 0 Å². The SMILES string of the molecule is O=C(Nc1cccc(CNC(=O)[C@@H]2CC(=O)N(c3ccccc3F)C2)c1)C1CC1. The molecule has 2 aromatic carbocycles. The first-order chi connectivity index (χ1) is 14.0. The number of carbonyl (C=O) groups excluding carboxylic acids is 3. The van der Waals surface area contributed by atoms with E-state index in [1.165, 1.54) is 17.0 Å². The van der Waals surface area contributed by atoms with E-state index in [1.807, 2.05) is 24.3 Å². The monoisotopic (exact) mass is 395 g/mol. The summed E-state index contributed by atoms with van der Waals surface area (Å²) < 4.78 is 14.0. The normalized spacial score (nSPS) is 18.6. The van der Waals surface area contributed by atoms with Crippen LogP contribution in [-0.4, -0.2) is 24.3 Å². The third-order valence-electron chi connectivity index (χ3n) is 5.25. The Morgan fingerprint density at radius 3 is 2.59 bits per heavy atom. The van der Waals surface area contributed by atoms with E-state index in [0.717, 1.165) is 18.4 Å². The quantitative estimate of drug-likeness (QED) is 0.790. The van der Waals surface area contributed by atoms with Gasteiger partial charge < -0.3 is 15.5 Å². The molecule has 2 aromatic rings. The molecular formula is C22H22FN3O3. The van der Waals surface area contributed by atoms with Crippen LogP contribution in [0.4, 0.5) is 15.8 Å². The van der Waals surface area contributed by atoms with Gasteiger partial charge in [-0.3, -0.25) is 14.4 Å². The van der Waals surface area contributed by atoms with Gasteiger partial charge in [-0.05, 0) is 42.7 Å². The lowest BCUT2D eigenvalue weighted by Crippen LogP contribution is -2.32. The minimum atomic E-state index is -0.528. The molecule has 150 valence electrons. The van der Waals surface area contributed by atoms with Crippen LogP contribution in [0, 0.1) is 17.7 Å².